The number of carbonyl (C=O) groups is 2. The smallest absolute Gasteiger partial charge is 0.391 e. The Kier molecular flexibility index (Phi) is 5.33. The highest BCUT2D eigenvalue weighted by atomic mass is 79.9. The molecule has 8 heteroatoms. The molecule has 0 radical (unpaired) electrons. The number of alkyl halides is 3. The average molecular weight is 394 g/mol. The lowest BCUT2D eigenvalue weighted by molar-refractivity contribution is -0.182. The Hall–Kier alpha value is -1.57. The van der Waals surface area contributed by atoms with Gasteiger partial charge in [0, 0.05) is 16.1 Å². The lowest BCUT2D eigenvalue weighted by atomic mass is 9.85. The maximum atomic E-state index is 12.6. The maximum absolute atomic E-state index is 12.6. The molecule has 1 aliphatic carbocycles. The summed E-state index contributed by atoms with van der Waals surface area (Å²) in [6.45, 7) is 0. The number of carboxylic acid groups (broad SMARTS) is 1. The molecule has 1 aromatic carbocycles. The molecule has 2 N–H and O–H groups in total. The summed E-state index contributed by atoms with van der Waals surface area (Å²) in [6, 6.07) is 3.76. The Bertz CT molecular complexity index is 610. The number of aromatic carboxylic acids is 1. The number of amides is 1. The van der Waals surface area contributed by atoms with E-state index in [9.17, 15) is 22.8 Å². The summed E-state index contributed by atoms with van der Waals surface area (Å²) in [4.78, 5) is 23.2. The molecule has 4 nitrogen and oxygen atoms in total. The second-order valence-corrected chi connectivity index (χ2v) is 6.51. The van der Waals surface area contributed by atoms with Crippen molar-refractivity contribution in [2.45, 2.75) is 37.9 Å². The Morgan fingerprint density at radius 1 is 1.09 bits per heavy atom. The summed E-state index contributed by atoms with van der Waals surface area (Å²) >= 11 is 3.14. The van der Waals surface area contributed by atoms with Crippen molar-refractivity contribution in [2.24, 2.45) is 5.92 Å². The highest BCUT2D eigenvalue weighted by Crippen LogP contribution is 2.37. The molecular formula is C15H15BrF3NO3. The number of carbonyl (C=O) groups excluding carboxylic acids is 1. The van der Waals surface area contributed by atoms with Gasteiger partial charge in [0.05, 0.1) is 11.5 Å². The van der Waals surface area contributed by atoms with Crippen molar-refractivity contribution in [2.75, 3.05) is 0 Å². The number of nitrogens with one attached hydrogen (secondary N) is 1. The molecule has 23 heavy (non-hydrogen) atoms. The molecule has 1 aliphatic rings. The second kappa shape index (κ2) is 6.90. The molecule has 0 heterocycles. The third-order valence-electron chi connectivity index (χ3n) is 3.93. The predicted octanol–water partition coefficient (Wildman–Crippen LogP) is 4.00. The lowest BCUT2D eigenvalue weighted by Gasteiger charge is -2.30. The number of benzene rings is 1. The molecule has 0 saturated heterocycles. The minimum Gasteiger partial charge on any atom is -0.478 e. The van der Waals surface area contributed by atoms with E-state index in [0.29, 0.717) is 4.47 Å². The number of halogens is 4. The van der Waals surface area contributed by atoms with Crippen molar-refractivity contribution in [3.63, 3.8) is 0 Å². The minimum atomic E-state index is -4.18. The van der Waals surface area contributed by atoms with Gasteiger partial charge in [0.2, 0.25) is 0 Å². The molecule has 1 saturated carbocycles. The second-order valence-electron chi connectivity index (χ2n) is 5.60. The Morgan fingerprint density at radius 2 is 1.65 bits per heavy atom. The van der Waals surface area contributed by atoms with Crippen LogP contribution in [0.15, 0.2) is 22.7 Å². The first-order valence-corrected chi connectivity index (χ1v) is 7.87. The first kappa shape index (κ1) is 17.8. The molecule has 0 aliphatic heterocycles. The highest BCUT2D eigenvalue weighted by molar-refractivity contribution is 9.10. The third-order valence-corrected chi connectivity index (χ3v) is 4.39. The fourth-order valence-corrected chi connectivity index (χ4v) is 3.17. The fourth-order valence-electron chi connectivity index (χ4n) is 2.68. The molecule has 1 fully saturated rings. The molecule has 1 amide bonds. The van der Waals surface area contributed by atoms with E-state index < -0.39 is 24.0 Å². The first-order valence-electron chi connectivity index (χ1n) is 7.08. The molecule has 0 spiro atoms. The number of hydrogen-bond donors (Lipinski definition) is 2. The van der Waals surface area contributed by atoms with E-state index in [-0.39, 0.29) is 42.9 Å². The normalized spacial score (nSPS) is 21.7. The van der Waals surface area contributed by atoms with Gasteiger partial charge in [-0.2, -0.15) is 13.2 Å². The molecule has 0 aromatic heterocycles. The topological polar surface area (TPSA) is 66.4 Å². The first-order chi connectivity index (χ1) is 10.7. The van der Waals surface area contributed by atoms with Gasteiger partial charge < -0.3 is 10.4 Å². The predicted molar refractivity (Wildman–Crippen MR) is 80.4 cm³/mol. The van der Waals surface area contributed by atoms with Crippen LogP contribution in [-0.2, 0) is 0 Å². The molecule has 0 bridgehead atoms. The van der Waals surface area contributed by atoms with Gasteiger partial charge in [-0.15, -0.1) is 0 Å². The minimum absolute atomic E-state index is 0.00664. The van der Waals surface area contributed by atoms with E-state index in [2.05, 4.69) is 21.2 Å². The standard InChI is InChI=1S/C15H15BrF3NO3/c16-11-6-8(5-9(7-11)14(22)23)13(21)20-12-3-1-10(2-4-12)15(17,18)19/h5-7,10,12H,1-4H2,(H,20,21)(H,22,23). The number of hydrogen-bond acceptors (Lipinski definition) is 2. The van der Waals surface area contributed by atoms with Crippen molar-refractivity contribution in [1.82, 2.24) is 5.32 Å². The van der Waals surface area contributed by atoms with Gasteiger partial charge in [-0.05, 0) is 43.9 Å². The monoisotopic (exact) mass is 393 g/mol. The number of carboxylic acids is 1. The van der Waals surface area contributed by atoms with Crippen LogP contribution >= 0.6 is 15.9 Å². The molecule has 0 unspecified atom stereocenters. The van der Waals surface area contributed by atoms with E-state index in [1.54, 1.807) is 0 Å². The van der Waals surface area contributed by atoms with Gasteiger partial charge in [-0.1, -0.05) is 15.9 Å². The van der Waals surface area contributed by atoms with Crippen LogP contribution in [0.3, 0.4) is 0 Å². The van der Waals surface area contributed by atoms with Gasteiger partial charge in [0.15, 0.2) is 0 Å². The maximum Gasteiger partial charge on any atom is 0.391 e. The van der Waals surface area contributed by atoms with Gasteiger partial charge in [-0.3, -0.25) is 4.79 Å². The Morgan fingerprint density at radius 3 is 2.17 bits per heavy atom. The molecular weight excluding hydrogens is 379 g/mol. The van der Waals surface area contributed by atoms with Crippen LogP contribution < -0.4 is 5.32 Å². The van der Waals surface area contributed by atoms with Gasteiger partial charge in [-0.25, -0.2) is 4.79 Å². The van der Waals surface area contributed by atoms with Crippen LogP contribution in [0.5, 0.6) is 0 Å². The van der Waals surface area contributed by atoms with E-state index in [1.807, 2.05) is 0 Å². The molecule has 2 rings (SSSR count). The summed E-state index contributed by atoms with van der Waals surface area (Å²) in [6.07, 6.45) is -3.68. The van der Waals surface area contributed by atoms with Crippen molar-refractivity contribution in [3.05, 3.63) is 33.8 Å². The van der Waals surface area contributed by atoms with Crippen molar-refractivity contribution < 1.29 is 27.9 Å². The van der Waals surface area contributed by atoms with E-state index >= 15 is 0 Å². The Labute approximate surface area is 139 Å². The zero-order valence-corrected chi connectivity index (χ0v) is 13.6. The van der Waals surface area contributed by atoms with E-state index in [0.717, 1.165) is 0 Å². The summed E-state index contributed by atoms with van der Waals surface area (Å²) in [5.74, 6) is -2.95. The zero-order chi connectivity index (χ0) is 17.2. The lowest BCUT2D eigenvalue weighted by Crippen LogP contribution is -2.40. The van der Waals surface area contributed by atoms with Crippen molar-refractivity contribution >= 4 is 27.8 Å². The summed E-state index contributed by atoms with van der Waals surface area (Å²) < 4.78 is 38.3. The van der Waals surface area contributed by atoms with E-state index in [4.69, 9.17) is 5.11 Å². The van der Waals surface area contributed by atoms with Crippen LogP contribution in [0.25, 0.3) is 0 Å². The summed E-state index contributed by atoms with van der Waals surface area (Å²) in [5, 5.41) is 11.7. The average Bonchev–Trinajstić information content (AvgIpc) is 2.46. The SMILES string of the molecule is O=C(O)c1cc(Br)cc(C(=O)NC2CCC(C(F)(F)F)CC2)c1. The summed E-state index contributed by atoms with van der Waals surface area (Å²) in [7, 11) is 0. The van der Waals surface area contributed by atoms with E-state index in [1.165, 1.54) is 18.2 Å². The highest BCUT2D eigenvalue weighted by Gasteiger charge is 2.41. The van der Waals surface area contributed by atoms with Crippen molar-refractivity contribution in [3.8, 4) is 0 Å². The van der Waals surface area contributed by atoms with Crippen molar-refractivity contribution in [1.29, 1.82) is 0 Å². The van der Waals surface area contributed by atoms with Crippen LogP contribution in [-0.4, -0.2) is 29.2 Å². The largest absolute Gasteiger partial charge is 0.478 e. The fraction of sp³-hybridized carbons (Fsp3) is 0.467. The van der Waals surface area contributed by atoms with Crippen LogP contribution in [0.4, 0.5) is 13.2 Å². The van der Waals surface area contributed by atoms with Crippen LogP contribution in [0.1, 0.15) is 46.4 Å². The van der Waals surface area contributed by atoms with Gasteiger partial charge in [0.25, 0.3) is 5.91 Å². The van der Waals surface area contributed by atoms with Gasteiger partial charge >= 0.3 is 12.1 Å². The molecule has 0 atom stereocenters. The molecule has 1 aromatic rings. The third kappa shape index (κ3) is 4.70. The molecule has 126 valence electrons. The number of rotatable bonds is 3. The summed E-state index contributed by atoms with van der Waals surface area (Å²) in [5.41, 5.74) is 0.125. The zero-order valence-electron chi connectivity index (χ0n) is 12.0. The van der Waals surface area contributed by atoms with Crippen LogP contribution in [0, 0.1) is 5.92 Å². The van der Waals surface area contributed by atoms with Gasteiger partial charge in [0.1, 0.15) is 0 Å². The quantitative estimate of drug-likeness (QED) is 0.815. The Balaban J connectivity index is 2.00. The van der Waals surface area contributed by atoms with Crippen LogP contribution in [0.2, 0.25) is 0 Å².